The fourth-order valence-electron chi connectivity index (χ4n) is 7.72. The van der Waals surface area contributed by atoms with Gasteiger partial charge in [-0.3, -0.25) is 4.79 Å². The Morgan fingerprint density at radius 2 is 0.902 bits per heavy atom. The number of hydrogen-bond donors (Lipinski definition) is 6. The Hall–Kier alpha value is -2.03. The molecule has 356 valence electrons. The smallest absolute Gasteiger partial charge is 0.220 e. The van der Waals surface area contributed by atoms with Crippen molar-refractivity contribution >= 4 is 5.91 Å². The number of allylic oxidation sites excluding steroid dienone is 8. The van der Waals surface area contributed by atoms with Gasteiger partial charge < -0.3 is 30.8 Å². The van der Waals surface area contributed by atoms with Crippen molar-refractivity contribution in [3.8, 4) is 0 Å². The van der Waals surface area contributed by atoms with Gasteiger partial charge in [0.05, 0.1) is 31.0 Å². The van der Waals surface area contributed by atoms with Gasteiger partial charge in [0, 0.05) is 6.42 Å². The molecule has 0 bridgehead atoms. The largest absolute Gasteiger partial charge is 0.394 e. The molecule has 61 heavy (non-hydrogen) atoms. The van der Waals surface area contributed by atoms with E-state index in [9.17, 15) is 30.3 Å². The van der Waals surface area contributed by atoms with Crippen molar-refractivity contribution in [1.82, 2.24) is 5.32 Å². The molecule has 0 fully saturated rings. The lowest BCUT2D eigenvalue weighted by atomic mass is 9.99. The van der Waals surface area contributed by atoms with E-state index in [0.29, 0.717) is 38.5 Å². The maximum atomic E-state index is 12.5. The van der Waals surface area contributed by atoms with Gasteiger partial charge >= 0.3 is 0 Å². The van der Waals surface area contributed by atoms with E-state index < -0.39 is 31.0 Å². The van der Waals surface area contributed by atoms with Gasteiger partial charge in [-0.15, -0.1) is 6.58 Å². The fourth-order valence-corrected chi connectivity index (χ4v) is 7.72. The number of carbonyl (C=O) groups excluding carboxylic acids is 1. The molecule has 0 spiro atoms. The van der Waals surface area contributed by atoms with Crippen molar-refractivity contribution in [2.45, 2.75) is 269 Å². The molecular weight excluding hydrogens is 759 g/mol. The summed E-state index contributed by atoms with van der Waals surface area (Å²) >= 11 is 0. The molecule has 0 rings (SSSR count). The van der Waals surface area contributed by atoms with Crippen LogP contribution in [0.2, 0.25) is 0 Å². The first-order chi connectivity index (χ1) is 29.8. The molecule has 0 aromatic rings. The van der Waals surface area contributed by atoms with E-state index in [4.69, 9.17) is 0 Å². The fraction of sp³-hybridized carbons (Fsp3) is 0.796. The zero-order valence-electron chi connectivity index (χ0n) is 39.6. The highest BCUT2D eigenvalue weighted by Gasteiger charge is 2.27. The second kappa shape index (κ2) is 47.4. The molecule has 0 heterocycles. The third-order valence-corrected chi connectivity index (χ3v) is 11.8. The van der Waals surface area contributed by atoms with Crippen molar-refractivity contribution in [3.63, 3.8) is 0 Å². The SMILES string of the molecule is C=CCCCCCCCC=CCCC=CCCCCC=CCCCCC(O)CC=CCCC(O)CCCC(=O)NC(CO)C(O)C(O)CCCCCCCCCCCCCC. The normalized spacial score (nSPS) is 14.7. The van der Waals surface area contributed by atoms with Gasteiger partial charge in [0.2, 0.25) is 5.91 Å². The highest BCUT2D eigenvalue weighted by molar-refractivity contribution is 5.76. The van der Waals surface area contributed by atoms with Crippen LogP contribution in [0.25, 0.3) is 0 Å². The molecule has 0 aliphatic rings. The number of aliphatic hydroxyl groups excluding tert-OH is 5. The van der Waals surface area contributed by atoms with Crippen molar-refractivity contribution in [3.05, 3.63) is 61.3 Å². The highest BCUT2D eigenvalue weighted by Crippen LogP contribution is 2.16. The van der Waals surface area contributed by atoms with Gasteiger partial charge in [0.1, 0.15) is 6.10 Å². The summed E-state index contributed by atoms with van der Waals surface area (Å²) in [6.45, 7) is 5.58. The summed E-state index contributed by atoms with van der Waals surface area (Å²) in [5, 5.41) is 54.2. The van der Waals surface area contributed by atoms with E-state index in [1.54, 1.807) is 0 Å². The molecule has 5 unspecified atom stereocenters. The van der Waals surface area contributed by atoms with E-state index in [0.717, 1.165) is 70.6 Å². The third-order valence-electron chi connectivity index (χ3n) is 11.8. The van der Waals surface area contributed by atoms with Crippen LogP contribution in [0.4, 0.5) is 0 Å². The summed E-state index contributed by atoms with van der Waals surface area (Å²) in [5.74, 6) is -0.302. The zero-order valence-corrected chi connectivity index (χ0v) is 39.6. The molecule has 0 aliphatic carbocycles. The maximum absolute atomic E-state index is 12.5. The summed E-state index contributed by atoms with van der Waals surface area (Å²) in [5.41, 5.74) is 0. The van der Waals surface area contributed by atoms with Gasteiger partial charge in [0.15, 0.2) is 0 Å². The molecule has 0 aromatic heterocycles. The second-order valence-corrected chi connectivity index (χ2v) is 17.8. The van der Waals surface area contributed by atoms with Crippen LogP contribution in [0.3, 0.4) is 0 Å². The van der Waals surface area contributed by atoms with Gasteiger partial charge in [-0.25, -0.2) is 0 Å². The van der Waals surface area contributed by atoms with E-state index in [-0.39, 0.29) is 18.4 Å². The van der Waals surface area contributed by atoms with Crippen molar-refractivity contribution < 1.29 is 30.3 Å². The van der Waals surface area contributed by atoms with E-state index >= 15 is 0 Å². The van der Waals surface area contributed by atoms with Gasteiger partial charge in [-0.05, 0) is 122 Å². The second-order valence-electron chi connectivity index (χ2n) is 17.8. The quantitative estimate of drug-likeness (QED) is 0.0267. The molecule has 0 aliphatic heterocycles. The molecule has 1 amide bonds. The minimum absolute atomic E-state index is 0.182. The first-order valence-electron chi connectivity index (χ1n) is 25.7. The summed E-state index contributed by atoms with van der Waals surface area (Å²) in [4.78, 5) is 12.5. The Morgan fingerprint density at radius 1 is 0.475 bits per heavy atom. The Kier molecular flexibility index (Phi) is 45.9. The number of carbonyl (C=O) groups is 1. The minimum atomic E-state index is -1.22. The van der Waals surface area contributed by atoms with Crippen molar-refractivity contribution in [2.75, 3.05) is 6.61 Å². The number of rotatable bonds is 47. The predicted molar refractivity (Wildman–Crippen MR) is 262 cm³/mol. The molecular formula is C54H99NO6. The Bertz CT molecular complexity index is 1060. The summed E-state index contributed by atoms with van der Waals surface area (Å²) in [7, 11) is 0. The van der Waals surface area contributed by atoms with Crippen LogP contribution in [0.15, 0.2) is 61.3 Å². The topological polar surface area (TPSA) is 130 Å². The first-order valence-corrected chi connectivity index (χ1v) is 25.7. The maximum Gasteiger partial charge on any atom is 0.220 e. The first kappa shape index (κ1) is 59.0. The van der Waals surface area contributed by atoms with Gasteiger partial charge in [-0.1, -0.05) is 164 Å². The molecule has 0 saturated heterocycles. The molecule has 7 heteroatoms. The molecule has 0 radical (unpaired) electrons. The minimum Gasteiger partial charge on any atom is -0.394 e. The van der Waals surface area contributed by atoms with Crippen LogP contribution >= 0.6 is 0 Å². The Balaban J connectivity index is 3.76. The third kappa shape index (κ3) is 43.0. The van der Waals surface area contributed by atoms with Crippen LogP contribution in [0.5, 0.6) is 0 Å². The molecule has 7 nitrogen and oxygen atoms in total. The van der Waals surface area contributed by atoms with Crippen LogP contribution in [-0.2, 0) is 4.79 Å². The van der Waals surface area contributed by atoms with Crippen LogP contribution < -0.4 is 5.32 Å². The molecule has 5 atom stereocenters. The van der Waals surface area contributed by atoms with Gasteiger partial charge in [-0.2, -0.15) is 0 Å². The van der Waals surface area contributed by atoms with E-state index in [2.05, 4.69) is 55.3 Å². The van der Waals surface area contributed by atoms with E-state index in [1.807, 2.05) is 18.2 Å². The summed E-state index contributed by atoms with van der Waals surface area (Å²) in [6.07, 6.45) is 55.3. The summed E-state index contributed by atoms with van der Waals surface area (Å²) < 4.78 is 0. The number of amides is 1. The zero-order chi connectivity index (χ0) is 44.7. The Morgan fingerprint density at radius 3 is 1.44 bits per heavy atom. The van der Waals surface area contributed by atoms with Gasteiger partial charge in [0.25, 0.3) is 0 Å². The number of hydrogen-bond acceptors (Lipinski definition) is 6. The summed E-state index contributed by atoms with van der Waals surface area (Å²) in [6, 6.07) is -0.911. The molecule has 0 aromatic carbocycles. The molecule has 0 saturated carbocycles. The van der Waals surface area contributed by atoms with E-state index in [1.165, 1.54) is 116 Å². The average molecular weight is 858 g/mol. The van der Waals surface area contributed by atoms with Crippen LogP contribution in [0, 0.1) is 0 Å². The number of unbranched alkanes of at least 4 members (excludes halogenated alkanes) is 23. The van der Waals surface area contributed by atoms with Crippen LogP contribution in [-0.4, -0.2) is 68.5 Å². The average Bonchev–Trinajstić information content (AvgIpc) is 3.25. The predicted octanol–water partition coefficient (Wildman–Crippen LogP) is 13.4. The lowest BCUT2D eigenvalue weighted by Gasteiger charge is -2.26. The standard InChI is InChI=1S/C54H99NO6/c1-3-5-7-9-11-13-15-17-18-19-20-21-22-23-24-25-26-27-28-30-32-34-37-42-49(57)43-38-36-39-44-50(58)45-41-47-53(60)55-51(48-56)54(61)52(59)46-40-35-33-31-29-16-14-12-10-8-6-4-2/h3,18-19,22-23,28,30,36,38,49-52,54,56-59,61H,1,4-17,20-21,24-27,29,31-35,37,39-48H2,2H3,(H,55,60). The van der Waals surface area contributed by atoms with Crippen molar-refractivity contribution in [1.29, 1.82) is 0 Å². The molecule has 6 N–H and O–H groups in total. The monoisotopic (exact) mass is 858 g/mol. The number of nitrogens with one attached hydrogen (secondary N) is 1. The lowest BCUT2D eigenvalue weighted by Crippen LogP contribution is -2.50. The Labute approximate surface area is 376 Å². The lowest BCUT2D eigenvalue weighted by molar-refractivity contribution is -0.124. The van der Waals surface area contributed by atoms with Crippen molar-refractivity contribution in [2.24, 2.45) is 0 Å². The number of aliphatic hydroxyl groups is 5. The highest BCUT2D eigenvalue weighted by atomic mass is 16.3. The van der Waals surface area contributed by atoms with Crippen LogP contribution in [0.1, 0.15) is 238 Å².